The van der Waals surface area contributed by atoms with E-state index in [-0.39, 0.29) is 24.0 Å². The molecule has 5 nitrogen and oxygen atoms in total. The van der Waals surface area contributed by atoms with Gasteiger partial charge in [0.15, 0.2) is 5.96 Å². The maximum atomic E-state index is 5.72. The van der Waals surface area contributed by atoms with Crippen LogP contribution in [-0.4, -0.2) is 30.6 Å². The number of halogens is 1. The summed E-state index contributed by atoms with van der Waals surface area (Å²) < 4.78 is 5.72. The number of nitrogens with zero attached hydrogens (tertiary/aromatic N) is 2. The molecule has 148 valence electrons. The van der Waals surface area contributed by atoms with Crippen LogP contribution in [0.3, 0.4) is 0 Å². The Kier molecular flexibility index (Phi) is 9.71. The van der Waals surface area contributed by atoms with Gasteiger partial charge in [-0.25, -0.2) is 4.99 Å². The second-order valence-electron chi connectivity index (χ2n) is 6.15. The zero-order chi connectivity index (χ0) is 18.7. The molecule has 3 rings (SSSR count). The molecule has 0 radical (unpaired) electrons. The Labute approximate surface area is 183 Å². The maximum Gasteiger partial charge on any atom is 0.191 e. The summed E-state index contributed by atoms with van der Waals surface area (Å²) in [5, 5.41) is 7.74. The van der Waals surface area contributed by atoms with Gasteiger partial charge in [0, 0.05) is 24.7 Å². The van der Waals surface area contributed by atoms with Crippen molar-refractivity contribution in [3.63, 3.8) is 0 Å². The normalized spacial score (nSPS) is 11.1. The van der Waals surface area contributed by atoms with Gasteiger partial charge in [-0.3, -0.25) is 4.98 Å². The number of rotatable bonds is 8. The number of ether oxygens (including phenoxy) is 1. The van der Waals surface area contributed by atoms with E-state index < -0.39 is 0 Å². The van der Waals surface area contributed by atoms with Crippen LogP contribution in [0.2, 0.25) is 0 Å². The fraction of sp³-hybridized carbons (Fsp3) is 0.273. The molecule has 1 heterocycles. The summed E-state index contributed by atoms with van der Waals surface area (Å²) in [4.78, 5) is 9.10. The van der Waals surface area contributed by atoms with Crippen LogP contribution in [0.5, 0.6) is 0 Å². The van der Waals surface area contributed by atoms with Crippen molar-refractivity contribution in [2.45, 2.75) is 20.1 Å². The van der Waals surface area contributed by atoms with E-state index >= 15 is 0 Å². The number of benzene rings is 2. The molecule has 0 amide bonds. The Hall–Kier alpha value is -2.19. The first-order valence-electron chi connectivity index (χ1n) is 9.33. The van der Waals surface area contributed by atoms with Crippen LogP contribution in [0.1, 0.15) is 18.1 Å². The van der Waals surface area contributed by atoms with Crippen molar-refractivity contribution in [1.29, 1.82) is 0 Å². The van der Waals surface area contributed by atoms with Gasteiger partial charge in [-0.15, -0.1) is 24.0 Å². The lowest BCUT2D eigenvalue weighted by molar-refractivity contribution is 0.125. The van der Waals surface area contributed by atoms with E-state index in [1.165, 1.54) is 5.56 Å². The van der Waals surface area contributed by atoms with Gasteiger partial charge in [-0.05, 0) is 30.2 Å². The molecule has 0 aliphatic carbocycles. The zero-order valence-corrected chi connectivity index (χ0v) is 18.4. The van der Waals surface area contributed by atoms with Crippen LogP contribution >= 0.6 is 24.0 Å². The third-order valence-electron chi connectivity index (χ3n) is 4.14. The highest BCUT2D eigenvalue weighted by Gasteiger charge is 2.02. The third-order valence-corrected chi connectivity index (χ3v) is 4.14. The molecular formula is C22H27IN4O. The lowest BCUT2D eigenvalue weighted by Crippen LogP contribution is -2.38. The molecule has 0 saturated heterocycles. The molecule has 0 spiro atoms. The van der Waals surface area contributed by atoms with Crippen molar-refractivity contribution in [1.82, 2.24) is 15.6 Å². The fourth-order valence-electron chi connectivity index (χ4n) is 2.80. The molecular weight excluding hydrogens is 463 g/mol. The van der Waals surface area contributed by atoms with Crippen LogP contribution < -0.4 is 10.6 Å². The van der Waals surface area contributed by atoms with Gasteiger partial charge in [0.2, 0.25) is 0 Å². The van der Waals surface area contributed by atoms with Crippen molar-refractivity contribution in [2.24, 2.45) is 4.99 Å². The maximum absolute atomic E-state index is 5.72. The predicted octanol–water partition coefficient (Wildman–Crippen LogP) is 4.12. The van der Waals surface area contributed by atoms with Crippen molar-refractivity contribution in [3.05, 3.63) is 78.0 Å². The Morgan fingerprint density at radius 3 is 2.61 bits per heavy atom. The minimum Gasteiger partial charge on any atom is -0.375 e. The number of guanidine groups is 1. The second-order valence-corrected chi connectivity index (χ2v) is 6.15. The quantitative estimate of drug-likeness (QED) is 0.216. The summed E-state index contributed by atoms with van der Waals surface area (Å²) in [7, 11) is 0. The van der Waals surface area contributed by atoms with E-state index in [1.807, 2.05) is 48.7 Å². The first kappa shape index (κ1) is 22.1. The average molecular weight is 490 g/mol. The molecule has 2 aromatic carbocycles. The van der Waals surface area contributed by atoms with Gasteiger partial charge in [-0.1, -0.05) is 48.5 Å². The summed E-state index contributed by atoms with van der Waals surface area (Å²) in [5.74, 6) is 0.793. The summed E-state index contributed by atoms with van der Waals surface area (Å²) in [5.41, 5.74) is 3.35. The number of aliphatic imine (C=N–C) groups is 1. The van der Waals surface area contributed by atoms with Crippen LogP contribution in [-0.2, 0) is 17.9 Å². The monoisotopic (exact) mass is 490 g/mol. The van der Waals surface area contributed by atoms with E-state index in [0.29, 0.717) is 26.3 Å². The number of fused-ring (bicyclic) bond motifs is 1. The van der Waals surface area contributed by atoms with Crippen LogP contribution in [0.4, 0.5) is 0 Å². The highest BCUT2D eigenvalue weighted by Crippen LogP contribution is 2.16. The minimum absolute atomic E-state index is 0. The lowest BCUT2D eigenvalue weighted by Gasteiger charge is -2.12. The molecule has 0 fully saturated rings. The molecule has 0 bridgehead atoms. The van der Waals surface area contributed by atoms with Crippen molar-refractivity contribution in [2.75, 3.05) is 19.7 Å². The molecule has 0 unspecified atom stereocenters. The number of hydrogen-bond donors (Lipinski definition) is 2. The molecule has 2 N–H and O–H groups in total. The van der Waals surface area contributed by atoms with E-state index in [0.717, 1.165) is 29.0 Å². The van der Waals surface area contributed by atoms with E-state index in [1.54, 1.807) is 0 Å². The number of nitrogens with one attached hydrogen (secondary N) is 2. The first-order valence-corrected chi connectivity index (χ1v) is 9.33. The Bertz CT molecular complexity index is 865. The van der Waals surface area contributed by atoms with Crippen LogP contribution in [0.25, 0.3) is 10.9 Å². The summed E-state index contributed by atoms with van der Waals surface area (Å²) >= 11 is 0. The summed E-state index contributed by atoms with van der Waals surface area (Å²) in [6.07, 6.45) is 1.84. The fourth-order valence-corrected chi connectivity index (χ4v) is 2.80. The standard InChI is InChI=1S/C22H26N4O.HI/c1-2-23-22(25-14-15-27-17-18-8-4-3-5-9-18)26-16-19-12-13-24-21-11-7-6-10-20(19)21;/h3-13H,2,14-17H2,1H3,(H2,23,25,26);1H. The van der Waals surface area contributed by atoms with Crippen molar-refractivity contribution >= 4 is 40.8 Å². The van der Waals surface area contributed by atoms with Gasteiger partial charge < -0.3 is 15.4 Å². The van der Waals surface area contributed by atoms with E-state index in [4.69, 9.17) is 9.73 Å². The van der Waals surface area contributed by atoms with Gasteiger partial charge >= 0.3 is 0 Å². The van der Waals surface area contributed by atoms with Gasteiger partial charge in [0.05, 0.1) is 25.3 Å². The number of para-hydroxylation sites is 1. The van der Waals surface area contributed by atoms with Crippen molar-refractivity contribution < 1.29 is 4.74 Å². The second kappa shape index (κ2) is 12.3. The highest BCUT2D eigenvalue weighted by atomic mass is 127. The van der Waals surface area contributed by atoms with Gasteiger partial charge in [0.1, 0.15) is 0 Å². The van der Waals surface area contributed by atoms with E-state index in [9.17, 15) is 0 Å². The molecule has 0 atom stereocenters. The molecule has 3 aromatic rings. The topological polar surface area (TPSA) is 58.5 Å². The number of hydrogen-bond acceptors (Lipinski definition) is 3. The smallest absolute Gasteiger partial charge is 0.191 e. The summed E-state index contributed by atoms with van der Waals surface area (Å²) in [6, 6.07) is 20.4. The third kappa shape index (κ3) is 6.76. The molecule has 0 aliphatic heterocycles. The molecule has 1 aromatic heterocycles. The first-order chi connectivity index (χ1) is 13.4. The highest BCUT2D eigenvalue weighted by molar-refractivity contribution is 14.0. The molecule has 28 heavy (non-hydrogen) atoms. The van der Waals surface area contributed by atoms with Crippen LogP contribution in [0, 0.1) is 0 Å². The molecule has 0 aliphatic rings. The molecule has 6 heteroatoms. The predicted molar refractivity (Wildman–Crippen MR) is 126 cm³/mol. The summed E-state index contributed by atoms with van der Waals surface area (Å²) in [6.45, 7) is 5.43. The minimum atomic E-state index is 0. The lowest BCUT2D eigenvalue weighted by atomic mass is 10.1. The van der Waals surface area contributed by atoms with Gasteiger partial charge in [-0.2, -0.15) is 0 Å². The Morgan fingerprint density at radius 1 is 1.00 bits per heavy atom. The van der Waals surface area contributed by atoms with E-state index in [2.05, 4.69) is 40.7 Å². The SMILES string of the molecule is CCNC(=NCc1ccnc2ccccc12)NCCOCc1ccccc1.I. The van der Waals surface area contributed by atoms with Crippen molar-refractivity contribution in [3.8, 4) is 0 Å². The van der Waals surface area contributed by atoms with Gasteiger partial charge in [0.25, 0.3) is 0 Å². The zero-order valence-electron chi connectivity index (χ0n) is 16.1. The number of aromatic nitrogens is 1. The Morgan fingerprint density at radius 2 is 1.79 bits per heavy atom. The average Bonchev–Trinajstić information content (AvgIpc) is 2.72. The largest absolute Gasteiger partial charge is 0.375 e. The Balaban J connectivity index is 0.00000280. The molecule has 0 saturated carbocycles. The number of pyridine rings is 1. The van der Waals surface area contributed by atoms with Crippen LogP contribution in [0.15, 0.2) is 71.9 Å².